The molecule has 1 rings (SSSR count). The van der Waals surface area contributed by atoms with Gasteiger partial charge in [-0.1, -0.05) is 6.07 Å². The van der Waals surface area contributed by atoms with E-state index in [-0.39, 0.29) is 11.8 Å². The fraction of sp³-hybridized carbons (Fsp3) is 0.400. The largest absolute Gasteiger partial charge is 0.488 e. The van der Waals surface area contributed by atoms with Crippen LogP contribution in [0.1, 0.15) is 6.92 Å². The topological polar surface area (TPSA) is 61.6 Å². The minimum absolute atomic E-state index is 0.0251. The van der Waals surface area contributed by atoms with E-state index in [1.165, 1.54) is 12.1 Å². The van der Waals surface area contributed by atoms with E-state index < -0.39 is 4.92 Å². The third-order valence-corrected chi connectivity index (χ3v) is 1.77. The number of nitro benzene ring substituents is 1. The van der Waals surface area contributed by atoms with Gasteiger partial charge >= 0.3 is 0 Å². The first kappa shape index (κ1) is 11.5. The van der Waals surface area contributed by atoms with E-state index in [0.717, 1.165) is 0 Å². The van der Waals surface area contributed by atoms with Crippen LogP contribution in [-0.4, -0.2) is 24.7 Å². The second-order valence-corrected chi connectivity index (χ2v) is 3.14. The van der Waals surface area contributed by atoms with E-state index in [2.05, 4.69) is 0 Å². The molecule has 0 aliphatic rings. The Morgan fingerprint density at radius 2 is 2.27 bits per heavy atom. The predicted octanol–water partition coefficient (Wildman–Crippen LogP) is 2.01. The van der Waals surface area contributed by atoms with Crippen molar-refractivity contribution in [2.45, 2.75) is 13.0 Å². The van der Waals surface area contributed by atoms with Gasteiger partial charge in [-0.25, -0.2) is 0 Å². The average Bonchev–Trinajstić information content (AvgIpc) is 2.18. The lowest BCUT2D eigenvalue weighted by Crippen LogP contribution is -2.17. The van der Waals surface area contributed by atoms with Crippen molar-refractivity contribution >= 4 is 5.69 Å². The molecule has 0 aromatic heterocycles. The van der Waals surface area contributed by atoms with Crippen molar-refractivity contribution in [2.75, 3.05) is 13.7 Å². The van der Waals surface area contributed by atoms with E-state index in [1.807, 2.05) is 6.92 Å². The van der Waals surface area contributed by atoms with Gasteiger partial charge < -0.3 is 9.47 Å². The molecule has 5 nitrogen and oxygen atoms in total. The molecule has 5 heteroatoms. The number of non-ortho nitro benzene ring substituents is 1. The molecule has 15 heavy (non-hydrogen) atoms. The molecule has 0 aliphatic heterocycles. The summed E-state index contributed by atoms with van der Waals surface area (Å²) in [5, 5.41) is 10.5. The van der Waals surface area contributed by atoms with Crippen molar-refractivity contribution < 1.29 is 14.4 Å². The lowest BCUT2D eigenvalue weighted by molar-refractivity contribution is -0.384. The summed E-state index contributed by atoms with van der Waals surface area (Å²) in [6, 6.07) is 6.09. The number of rotatable bonds is 5. The van der Waals surface area contributed by atoms with E-state index >= 15 is 0 Å². The highest BCUT2D eigenvalue weighted by Gasteiger charge is 2.08. The van der Waals surface area contributed by atoms with Crippen molar-refractivity contribution in [3.8, 4) is 5.75 Å². The molecule has 0 radical (unpaired) electrons. The molecular weight excluding hydrogens is 198 g/mol. The zero-order valence-corrected chi connectivity index (χ0v) is 8.67. The summed E-state index contributed by atoms with van der Waals surface area (Å²) in [6.45, 7) is 2.28. The van der Waals surface area contributed by atoms with Crippen LogP contribution in [0.5, 0.6) is 5.75 Å². The Hall–Kier alpha value is -1.62. The maximum Gasteiger partial charge on any atom is 0.273 e. The first-order valence-electron chi connectivity index (χ1n) is 4.53. The van der Waals surface area contributed by atoms with Crippen molar-refractivity contribution in [1.29, 1.82) is 0 Å². The summed E-state index contributed by atoms with van der Waals surface area (Å²) in [6.07, 6.45) is -0.128. The zero-order chi connectivity index (χ0) is 11.3. The van der Waals surface area contributed by atoms with Gasteiger partial charge in [0.15, 0.2) is 0 Å². The third-order valence-electron chi connectivity index (χ3n) is 1.77. The molecule has 1 atom stereocenters. The number of methoxy groups -OCH3 is 1. The summed E-state index contributed by atoms with van der Waals surface area (Å²) >= 11 is 0. The number of hydrogen-bond acceptors (Lipinski definition) is 4. The molecule has 0 saturated carbocycles. The summed E-state index contributed by atoms with van der Waals surface area (Å²) < 4.78 is 10.3. The molecule has 0 unspecified atom stereocenters. The van der Waals surface area contributed by atoms with Crippen LogP contribution in [0.25, 0.3) is 0 Å². The van der Waals surface area contributed by atoms with Crippen molar-refractivity contribution in [3.63, 3.8) is 0 Å². The SMILES string of the molecule is COC[C@H](C)Oc1cccc([N+](=O)[O-])c1. The molecule has 0 saturated heterocycles. The zero-order valence-electron chi connectivity index (χ0n) is 8.67. The Labute approximate surface area is 87.8 Å². The van der Waals surface area contributed by atoms with Crippen LogP contribution in [-0.2, 0) is 4.74 Å². The van der Waals surface area contributed by atoms with Gasteiger partial charge in [0.05, 0.1) is 17.6 Å². The average molecular weight is 211 g/mol. The second kappa shape index (κ2) is 5.31. The van der Waals surface area contributed by atoms with Gasteiger partial charge in [0.25, 0.3) is 5.69 Å². The van der Waals surface area contributed by atoms with Crippen molar-refractivity contribution in [1.82, 2.24) is 0 Å². The number of nitro groups is 1. The van der Waals surface area contributed by atoms with Crippen LogP contribution >= 0.6 is 0 Å². The van der Waals surface area contributed by atoms with Crippen LogP contribution in [0, 0.1) is 10.1 Å². The first-order chi connectivity index (χ1) is 7.13. The van der Waals surface area contributed by atoms with Gasteiger partial charge in [0.1, 0.15) is 11.9 Å². The highest BCUT2D eigenvalue weighted by atomic mass is 16.6. The van der Waals surface area contributed by atoms with Gasteiger partial charge in [-0.05, 0) is 13.0 Å². The van der Waals surface area contributed by atoms with Crippen molar-refractivity contribution in [2.24, 2.45) is 0 Å². The number of hydrogen-bond donors (Lipinski definition) is 0. The molecule has 82 valence electrons. The lowest BCUT2D eigenvalue weighted by Gasteiger charge is -2.13. The smallest absolute Gasteiger partial charge is 0.273 e. The predicted molar refractivity (Wildman–Crippen MR) is 55.1 cm³/mol. The fourth-order valence-electron chi connectivity index (χ4n) is 1.17. The minimum Gasteiger partial charge on any atom is -0.488 e. The lowest BCUT2D eigenvalue weighted by atomic mass is 10.3. The number of nitrogens with zero attached hydrogens (tertiary/aromatic N) is 1. The van der Waals surface area contributed by atoms with Crippen LogP contribution in [0.2, 0.25) is 0 Å². The van der Waals surface area contributed by atoms with Gasteiger partial charge in [0.2, 0.25) is 0 Å². The van der Waals surface area contributed by atoms with E-state index in [1.54, 1.807) is 19.2 Å². The van der Waals surface area contributed by atoms with Crippen LogP contribution in [0.4, 0.5) is 5.69 Å². The van der Waals surface area contributed by atoms with E-state index in [0.29, 0.717) is 12.4 Å². The molecule has 1 aromatic rings. The Bertz CT molecular complexity index is 340. The Balaban J connectivity index is 2.69. The Morgan fingerprint density at radius 1 is 1.53 bits per heavy atom. The minimum atomic E-state index is -0.451. The summed E-state index contributed by atoms with van der Waals surface area (Å²) in [7, 11) is 1.58. The van der Waals surface area contributed by atoms with Gasteiger partial charge in [-0.2, -0.15) is 0 Å². The Morgan fingerprint density at radius 3 is 2.87 bits per heavy atom. The molecule has 0 fully saturated rings. The van der Waals surface area contributed by atoms with Crippen LogP contribution in [0.3, 0.4) is 0 Å². The first-order valence-corrected chi connectivity index (χ1v) is 4.53. The van der Waals surface area contributed by atoms with Gasteiger partial charge in [-0.15, -0.1) is 0 Å². The summed E-state index contributed by atoms with van der Waals surface area (Å²) in [5.74, 6) is 0.480. The highest BCUT2D eigenvalue weighted by molar-refractivity contribution is 5.38. The van der Waals surface area contributed by atoms with Gasteiger partial charge in [-0.3, -0.25) is 10.1 Å². The molecule has 0 aliphatic carbocycles. The molecular formula is C10H13NO4. The molecule has 0 amide bonds. The third kappa shape index (κ3) is 3.55. The second-order valence-electron chi connectivity index (χ2n) is 3.14. The van der Waals surface area contributed by atoms with Crippen LogP contribution in [0.15, 0.2) is 24.3 Å². The fourth-order valence-corrected chi connectivity index (χ4v) is 1.17. The summed E-state index contributed by atoms with van der Waals surface area (Å²) in [4.78, 5) is 10.0. The monoisotopic (exact) mass is 211 g/mol. The maximum atomic E-state index is 10.5. The molecule has 0 N–H and O–H groups in total. The Kier molecular flexibility index (Phi) is 4.05. The van der Waals surface area contributed by atoms with Crippen molar-refractivity contribution in [3.05, 3.63) is 34.4 Å². The van der Waals surface area contributed by atoms with E-state index in [4.69, 9.17) is 9.47 Å². The number of benzene rings is 1. The number of ether oxygens (including phenoxy) is 2. The van der Waals surface area contributed by atoms with Crippen LogP contribution < -0.4 is 4.74 Å². The quantitative estimate of drug-likeness (QED) is 0.552. The molecule has 0 spiro atoms. The molecule has 0 bridgehead atoms. The standard InChI is InChI=1S/C10H13NO4/c1-8(7-14-2)15-10-5-3-4-9(6-10)11(12)13/h3-6,8H,7H2,1-2H3/t8-/m0/s1. The highest BCUT2D eigenvalue weighted by Crippen LogP contribution is 2.19. The summed E-state index contributed by atoms with van der Waals surface area (Å²) in [5.41, 5.74) is 0.0251. The molecule has 0 heterocycles. The van der Waals surface area contributed by atoms with Gasteiger partial charge in [0, 0.05) is 13.2 Å². The normalized spacial score (nSPS) is 12.1. The van der Waals surface area contributed by atoms with E-state index in [9.17, 15) is 10.1 Å². The molecule has 1 aromatic carbocycles. The maximum absolute atomic E-state index is 10.5.